The van der Waals surface area contributed by atoms with E-state index in [4.69, 9.17) is 9.47 Å². The summed E-state index contributed by atoms with van der Waals surface area (Å²) in [5.74, 6) is -0.693. The Labute approximate surface area is 80.2 Å². The number of hydrogen-bond donors (Lipinski definition) is 0. The second kappa shape index (κ2) is 2.08. The molecule has 0 saturated carbocycles. The van der Waals surface area contributed by atoms with E-state index in [1.54, 1.807) is 24.3 Å². The maximum atomic E-state index is 11.6. The van der Waals surface area contributed by atoms with Crippen LogP contribution in [0, 0.1) is 5.41 Å². The molecule has 2 aliphatic heterocycles. The lowest BCUT2D eigenvalue weighted by Gasteiger charge is -2.29. The van der Waals surface area contributed by atoms with Crippen molar-refractivity contribution in [2.45, 2.75) is 12.0 Å². The lowest BCUT2D eigenvalue weighted by molar-refractivity contribution is -0.149. The fraction of sp³-hybridized carbons (Fsp3) is 0.400. The maximum Gasteiger partial charge on any atom is 0.321 e. The van der Waals surface area contributed by atoms with Gasteiger partial charge in [0.2, 0.25) is 0 Å². The molecule has 0 aromatic rings. The number of ether oxygens (including phenoxy) is 2. The van der Waals surface area contributed by atoms with Gasteiger partial charge in [-0.1, -0.05) is 18.2 Å². The number of cyclic esters (lactones) is 1. The van der Waals surface area contributed by atoms with Crippen molar-refractivity contribution in [1.29, 1.82) is 0 Å². The summed E-state index contributed by atoms with van der Waals surface area (Å²) >= 11 is 0. The molecule has 0 aromatic carbocycles. The molecule has 2 heterocycles. The highest BCUT2D eigenvalue weighted by Crippen LogP contribution is 2.53. The predicted octanol–water partition coefficient (Wildman–Crippen LogP) is 0.341. The van der Waals surface area contributed by atoms with Crippen LogP contribution in [0.5, 0.6) is 0 Å². The lowest BCUT2D eigenvalue weighted by Crippen LogP contribution is -2.43. The van der Waals surface area contributed by atoms with E-state index >= 15 is 0 Å². The first-order valence-corrected chi connectivity index (χ1v) is 4.45. The largest absolute Gasteiger partial charge is 0.460 e. The number of carbonyl (C=O) groups excluding carboxylic acids is 2. The lowest BCUT2D eigenvalue weighted by atomic mass is 9.71. The van der Waals surface area contributed by atoms with Crippen LogP contribution < -0.4 is 0 Å². The molecule has 0 aromatic heterocycles. The maximum absolute atomic E-state index is 11.6. The quantitative estimate of drug-likeness (QED) is 0.519. The highest BCUT2D eigenvalue weighted by Gasteiger charge is 2.68. The Bertz CT molecular complexity index is 395. The minimum absolute atomic E-state index is 0.0900. The summed E-state index contributed by atoms with van der Waals surface area (Å²) in [6.45, 7) is 0.137. The Hall–Kier alpha value is -1.58. The van der Waals surface area contributed by atoms with E-state index in [-0.39, 0.29) is 25.0 Å². The van der Waals surface area contributed by atoms with Crippen molar-refractivity contribution in [3.8, 4) is 0 Å². The van der Waals surface area contributed by atoms with Crippen molar-refractivity contribution in [2.75, 3.05) is 6.61 Å². The van der Waals surface area contributed by atoms with Gasteiger partial charge in [0.25, 0.3) is 0 Å². The van der Waals surface area contributed by atoms with Crippen LogP contribution in [0.1, 0.15) is 6.42 Å². The van der Waals surface area contributed by atoms with Crippen LogP contribution in [0.15, 0.2) is 24.3 Å². The highest BCUT2D eigenvalue weighted by atomic mass is 16.6. The Morgan fingerprint density at radius 2 is 2.00 bits per heavy atom. The molecule has 3 rings (SSSR count). The molecule has 1 aliphatic carbocycles. The van der Waals surface area contributed by atoms with Gasteiger partial charge in [-0.15, -0.1) is 0 Å². The molecule has 0 N–H and O–H groups in total. The van der Waals surface area contributed by atoms with E-state index in [1.807, 2.05) is 0 Å². The van der Waals surface area contributed by atoms with E-state index in [2.05, 4.69) is 0 Å². The van der Waals surface area contributed by atoms with Crippen LogP contribution in [-0.4, -0.2) is 24.1 Å². The van der Waals surface area contributed by atoms with Gasteiger partial charge in [-0.05, 0) is 6.08 Å². The van der Waals surface area contributed by atoms with E-state index < -0.39 is 11.0 Å². The molecule has 4 nitrogen and oxygen atoms in total. The van der Waals surface area contributed by atoms with Crippen LogP contribution in [0.25, 0.3) is 0 Å². The molecule has 2 fully saturated rings. The SMILES string of the molecule is O=C1C[C@@]23C=CC=C[C@@]2(COC3=O)O1. The molecule has 0 radical (unpaired) electrons. The summed E-state index contributed by atoms with van der Waals surface area (Å²) in [7, 11) is 0. The number of hydrogen-bond acceptors (Lipinski definition) is 4. The average Bonchev–Trinajstić information content (AvgIpc) is 2.60. The summed E-state index contributed by atoms with van der Waals surface area (Å²) in [5, 5.41) is 0. The monoisotopic (exact) mass is 192 g/mol. The van der Waals surface area contributed by atoms with Crippen LogP contribution in [-0.2, 0) is 19.1 Å². The zero-order chi connectivity index (χ0) is 9.81. The molecule has 3 aliphatic rings. The molecule has 0 spiro atoms. The van der Waals surface area contributed by atoms with Gasteiger partial charge < -0.3 is 9.47 Å². The normalized spacial score (nSPS) is 43.1. The third-order valence-corrected chi connectivity index (χ3v) is 3.11. The average molecular weight is 192 g/mol. The number of rotatable bonds is 0. The first-order valence-electron chi connectivity index (χ1n) is 4.45. The van der Waals surface area contributed by atoms with Crippen LogP contribution in [0.3, 0.4) is 0 Å². The summed E-state index contributed by atoms with van der Waals surface area (Å²) < 4.78 is 10.2. The second-order valence-electron chi connectivity index (χ2n) is 3.81. The Kier molecular flexibility index (Phi) is 1.16. The fourth-order valence-corrected chi connectivity index (χ4v) is 2.34. The van der Waals surface area contributed by atoms with Gasteiger partial charge in [0, 0.05) is 0 Å². The van der Waals surface area contributed by atoms with Crippen LogP contribution >= 0.6 is 0 Å². The zero-order valence-corrected chi connectivity index (χ0v) is 7.36. The summed E-state index contributed by atoms with van der Waals surface area (Å²) in [5.41, 5.74) is -1.76. The highest BCUT2D eigenvalue weighted by molar-refractivity contribution is 5.93. The van der Waals surface area contributed by atoms with Crippen LogP contribution in [0.2, 0.25) is 0 Å². The number of allylic oxidation sites excluding steroid dienone is 2. The van der Waals surface area contributed by atoms with Crippen molar-refractivity contribution in [3.63, 3.8) is 0 Å². The summed E-state index contributed by atoms with van der Waals surface area (Å²) in [6, 6.07) is 0. The minimum Gasteiger partial charge on any atom is -0.460 e. The minimum atomic E-state index is -0.890. The number of carbonyl (C=O) groups is 2. The third-order valence-electron chi connectivity index (χ3n) is 3.11. The molecule has 72 valence electrons. The van der Waals surface area contributed by atoms with E-state index in [0.717, 1.165) is 0 Å². The van der Waals surface area contributed by atoms with Gasteiger partial charge in [0.15, 0.2) is 5.60 Å². The summed E-state index contributed by atoms with van der Waals surface area (Å²) in [6.07, 6.45) is 7.08. The van der Waals surface area contributed by atoms with Crippen LogP contribution in [0.4, 0.5) is 0 Å². The molecule has 0 bridgehead atoms. The Morgan fingerprint density at radius 3 is 2.79 bits per heavy atom. The van der Waals surface area contributed by atoms with Crippen molar-refractivity contribution in [2.24, 2.45) is 5.41 Å². The number of esters is 2. The topological polar surface area (TPSA) is 52.6 Å². The third kappa shape index (κ3) is 0.626. The Morgan fingerprint density at radius 1 is 1.21 bits per heavy atom. The fourth-order valence-electron chi connectivity index (χ4n) is 2.34. The van der Waals surface area contributed by atoms with E-state index in [9.17, 15) is 9.59 Å². The van der Waals surface area contributed by atoms with Gasteiger partial charge in [0.05, 0.1) is 6.42 Å². The predicted molar refractivity (Wildman–Crippen MR) is 45.1 cm³/mol. The molecule has 4 heteroatoms. The van der Waals surface area contributed by atoms with E-state index in [1.165, 1.54) is 0 Å². The van der Waals surface area contributed by atoms with Crippen molar-refractivity contribution >= 4 is 11.9 Å². The molecular formula is C10H8O4. The van der Waals surface area contributed by atoms with Gasteiger partial charge in [-0.25, -0.2) is 0 Å². The van der Waals surface area contributed by atoms with Gasteiger partial charge in [0.1, 0.15) is 12.0 Å². The molecular weight excluding hydrogens is 184 g/mol. The molecule has 0 amide bonds. The van der Waals surface area contributed by atoms with Crippen molar-refractivity contribution in [1.82, 2.24) is 0 Å². The second-order valence-corrected chi connectivity index (χ2v) is 3.81. The van der Waals surface area contributed by atoms with Crippen molar-refractivity contribution < 1.29 is 19.1 Å². The summed E-state index contributed by atoms with van der Waals surface area (Å²) in [4.78, 5) is 22.9. The molecule has 0 unspecified atom stereocenters. The van der Waals surface area contributed by atoms with Gasteiger partial charge >= 0.3 is 11.9 Å². The zero-order valence-electron chi connectivity index (χ0n) is 7.36. The van der Waals surface area contributed by atoms with Gasteiger partial charge in [-0.3, -0.25) is 9.59 Å². The van der Waals surface area contributed by atoms with E-state index in [0.29, 0.717) is 0 Å². The molecule has 14 heavy (non-hydrogen) atoms. The molecule has 2 atom stereocenters. The Balaban J connectivity index is 2.22. The molecule has 2 saturated heterocycles. The first kappa shape index (κ1) is 7.79. The smallest absolute Gasteiger partial charge is 0.321 e. The first-order chi connectivity index (χ1) is 6.69. The standard InChI is InChI=1S/C10H8O4/c11-7-5-9-3-1-2-4-10(9,14-7)6-13-8(9)12/h1-4H,5-6H2/t9-,10+/m1/s1. The van der Waals surface area contributed by atoms with Gasteiger partial charge in [-0.2, -0.15) is 0 Å². The van der Waals surface area contributed by atoms with Crippen molar-refractivity contribution in [3.05, 3.63) is 24.3 Å².